The molecule has 1 heterocycles. The highest BCUT2D eigenvalue weighted by Gasteiger charge is 2.25. The van der Waals surface area contributed by atoms with Gasteiger partial charge in [-0.05, 0) is 26.2 Å². The molecule has 1 aliphatic heterocycles. The van der Waals surface area contributed by atoms with E-state index in [2.05, 4.69) is 6.92 Å². The zero-order valence-electron chi connectivity index (χ0n) is 8.82. The smallest absolute Gasteiger partial charge is 0.319 e. The maximum atomic E-state index is 11.5. The Kier molecular flexibility index (Phi) is 5.78. The molecule has 0 radical (unpaired) electrons. The normalized spacial score (nSPS) is 28.1. The zero-order valence-corrected chi connectivity index (χ0v) is 10.5. The van der Waals surface area contributed by atoms with Gasteiger partial charge in [0.1, 0.15) is 5.25 Å². The van der Waals surface area contributed by atoms with Crippen LogP contribution in [0.5, 0.6) is 0 Å². The molecule has 0 N–H and O–H groups in total. The molecule has 2 nitrogen and oxygen atoms in total. The average molecular weight is 234 g/mol. The molecule has 1 fully saturated rings. The van der Waals surface area contributed by atoms with E-state index in [1.54, 1.807) is 10.8 Å². The van der Waals surface area contributed by atoms with Crippen molar-refractivity contribution in [2.75, 3.05) is 6.61 Å². The number of carbonyl (C=O) groups is 1. The average Bonchev–Trinajstić information content (AvgIpc) is 2.42. The summed E-state index contributed by atoms with van der Waals surface area (Å²) in [4.78, 5) is 11.5. The van der Waals surface area contributed by atoms with E-state index < -0.39 is 0 Å². The highest BCUT2D eigenvalue weighted by molar-refractivity contribution is 8.77. The molecule has 1 saturated heterocycles. The van der Waals surface area contributed by atoms with Gasteiger partial charge in [0.25, 0.3) is 0 Å². The molecule has 82 valence electrons. The zero-order chi connectivity index (χ0) is 10.4. The van der Waals surface area contributed by atoms with Crippen LogP contribution in [0.4, 0.5) is 0 Å². The topological polar surface area (TPSA) is 26.3 Å². The number of rotatable bonds is 3. The van der Waals surface area contributed by atoms with Crippen molar-refractivity contribution in [3.63, 3.8) is 0 Å². The van der Waals surface area contributed by atoms with Crippen LogP contribution >= 0.6 is 21.6 Å². The summed E-state index contributed by atoms with van der Waals surface area (Å²) in [5.74, 6) is -0.0262. The fourth-order valence-corrected chi connectivity index (χ4v) is 4.63. The highest BCUT2D eigenvalue weighted by atomic mass is 33.1. The maximum absolute atomic E-state index is 11.5. The number of ether oxygens (including phenoxy) is 1. The predicted octanol–water partition coefficient (Wildman–Crippen LogP) is 3.26. The predicted molar refractivity (Wildman–Crippen MR) is 63.5 cm³/mol. The van der Waals surface area contributed by atoms with Crippen LogP contribution in [0.2, 0.25) is 0 Å². The first-order valence-corrected chi connectivity index (χ1v) is 7.54. The van der Waals surface area contributed by atoms with Crippen LogP contribution < -0.4 is 0 Å². The largest absolute Gasteiger partial charge is 0.465 e. The third-order valence-electron chi connectivity index (χ3n) is 2.31. The van der Waals surface area contributed by atoms with Gasteiger partial charge in [0.15, 0.2) is 0 Å². The van der Waals surface area contributed by atoms with Crippen molar-refractivity contribution in [3.05, 3.63) is 0 Å². The molecule has 0 saturated carbocycles. The molecule has 0 aromatic heterocycles. The molecule has 1 aliphatic rings. The molecule has 0 aliphatic carbocycles. The van der Waals surface area contributed by atoms with Crippen molar-refractivity contribution in [2.45, 2.75) is 50.0 Å². The molecule has 0 bridgehead atoms. The summed E-state index contributed by atoms with van der Waals surface area (Å²) in [7, 11) is 3.57. The van der Waals surface area contributed by atoms with Gasteiger partial charge in [-0.2, -0.15) is 0 Å². The van der Waals surface area contributed by atoms with Crippen molar-refractivity contribution in [3.8, 4) is 0 Å². The highest BCUT2D eigenvalue weighted by Crippen LogP contribution is 2.40. The minimum atomic E-state index is -0.0262. The van der Waals surface area contributed by atoms with Crippen LogP contribution in [0.3, 0.4) is 0 Å². The second-order valence-electron chi connectivity index (χ2n) is 3.39. The maximum Gasteiger partial charge on any atom is 0.319 e. The quantitative estimate of drug-likeness (QED) is 0.553. The molecule has 1 rings (SSSR count). The fourth-order valence-electron chi connectivity index (χ4n) is 1.44. The molecule has 14 heavy (non-hydrogen) atoms. The first-order chi connectivity index (χ1) is 6.77. The van der Waals surface area contributed by atoms with Crippen molar-refractivity contribution in [1.82, 2.24) is 0 Å². The first kappa shape index (κ1) is 12.2. The second-order valence-corrected chi connectivity index (χ2v) is 6.17. The van der Waals surface area contributed by atoms with Gasteiger partial charge in [-0.25, -0.2) is 0 Å². The molecule has 0 aromatic carbocycles. The standard InChI is InChI=1S/C10H18O2S2/c1-3-8-6-5-7-9(14-13-8)10(11)12-4-2/h8-9H,3-7H2,1-2H3. The summed E-state index contributed by atoms with van der Waals surface area (Å²) in [5, 5.41) is 0.788. The summed E-state index contributed by atoms with van der Waals surface area (Å²) >= 11 is 0. The number of carbonyl (C=O) groups excluding carboxylic acids is 1. The lowest BCUT2D eigenvalue weighted by atomic mass is 10.1. The number of esters is 1. The van der Waals surface area contributed by atoms with Crippen LogP contribution in [-0.2, 0) is 9.53 Å². The molecule has 0 aromatic rings. The van der Waals surface area contributed by atoms with Crippen LogP contribution in [0.15, 0.2) is 0 Å². The lowest BCUT2D eigenvalue weighted by Gasteiger charge is -2.11. The molecule has 0 spiro atoms. The van der Waals surface area contributed by atoms with E-state index in [0.717, 1.165) is 18.1 Å². The van der Waals surface area contributed by atoms with Crippen molar-refractivity contribution in [2.24, 2.45) is 0 Å². The number of hydrogen-bond donors (Lipinski definition) is 0. The van der Waals surface area contributed by atoms with E-state index >= 15 is 0 Å². The molecular formula is C10H18O2S2. The Labute approximate surface area is 93.9 Å². The van der Waals surface area contributed by atoms with Crippen LogP contribution in [0, 0.1) is 0 Å². The van der Waals surface area contributed by atoms with Gasteiger partial charge in [-0.1, -0.05) is 34.9 Å². The molecule has 4 heteroatoms. The van der Waals surface area contributed by atoms with Crippen molar-refractivity contribution < 1.29 is 9.53 Å². The van der Waals surface area contributed by atoms with Gasteiger partial charge < -0.3 is 4.74 Å². The van der Waals surface area contributed by atoms with E-state index in [4.69, 9.17) is 4.74 Å². The number of hydrogen-bond acceptors (Lipinski definition) is 4. The molecule has 2 unspecified atom stereocenters. The summed E-state index contributed by atoms with van der Waals surface area (Å²) < 4.78 is 5.03. The molecule has 2 atom stereocenters. The van der Waals surface area contributed by atoms with E-state index in [0.29, 0.717) is 6.61 Å². The lowest BCUT2D eigenvalue weighted by molar-refractivity contribution is -0.142. The van der Waals surface area contributed by atoms with Gasteiger partial charge in [0, 0.05) is 5.25 Å². The van der Waals surface area contributed by atoms with Crippen LogP contribution in [0.25, 0.3) is 0 Å². The summed E-state index contributed by atoms with van der Waals surface area (Å²) in [5.41, 5.74) is 0. The van der Waals surface area contributed by atoms with E-state index in [1.807, 2.05) is 17.7 Å². The monoisotopic (exact) mass is 234 g/mol. The summed E-state index contributed by atoms with van der Waals surface area (Å²) in [6.07, 6.45) is 4.58. The van der Waals surface area contributed by atoms with Crippen LogP contribution in [0.1, 0.15) is 39.5 Å². The Balaban J connectivity index is 2.37. The Hall–Kier alpha value is 0.170. The van der Waals surface area contributed by atoms with Crippen molar-refractivity contribution >= 4 is 27.6 Å². The van der Waals surface area contributed by atoms with E-state index in [-0.39, 0.29) is 11.2 Å². The van der Waals surface area contributed by atoms with Gasteiger partial charge in [-0.3, -0.25) is 4.79 Å². The Bertz CT molecular complexity index is 185. The van der Waals surface area contributed by atoms with E-state index in [9.17, 15) is 4.79 Å². The summed E-state index contributed by atoms with van der Waals surface area (Å²) in [6.45, 7) is 4.57. The minimum absolute atomic E-state index is 0.0262. The minimum Gasteiger partial charge on any atom is -0.465 e. The van der Waals surface area contributed by atoms with E-state index in [1.165, 1.54) is 12.8 Å². The van der Waals surface area contributed by atoms with Gasteiger partial charge in [-0.15, -0.1) is 0 Å². The molecule has 0 amide bonds. The third kappa shape index (κ3) is 3.73. The summed E-state index contributed by atoms with van der Waals surface area (Å²) in [6, 6.07) is 0. The molecular weight excluding hydrogens is 216 g/mol. The van der Waals surface area contributed by atoms with Crippen molar-refractivity contribution in [1.29, 1.82) is 0 Å². The van der Waals surface area contributed by atoms with Crippen LogP contribution in [-0.4, -0.2) is 23.1 Å². The fraction of sp³-hybridized carbons (Fsp3) is 0.900. The van der Waals surface area contributed by atoms with Gasteiger partial charge in [0.05, 0.1) is 6.61 Å². The second kappa shape index (κ2) is 6.62. The Morgan fingerprint density at radius 2 is 2.14 bits per heavy atom. The first-order valence-electron chi connectivity index (χ1n) is 5.26. The third-order valence-corrected chi connectivity index (χ3v) is 5.76. The SMILES string of the molecule is CCOC(=O)C1CCCC(CC)SS1. The van der Waals surface area contributed by atoms with Gasteiger partial charge >= 0.3 is 5.97 Å². The Morgan fingerprint density at radius 3 is 2.79 bits per heavy atom. The Morgan fingerprint density at radius 1 is 1.36 bits per heavy atom. The lowest BCUT2D eigenvalue weighted by Crippen LogP contribution is -2.18. The van der Waals surface area contributed by atoms with Gasteiger partial charge in [0.2, 0.25) is 0 Å².